The average Bonchev–Trinajstić information content (AvgIpc) is 3.20. The maximum Gasteiger partial charge on any atom is 0.271 e. The molecule has 0 atom stereocenters. The number of hydrogen-bond acceptors (Lipinski definition) is 6. The minimum Gasteiger partial charge on any atom is -0.508 e. The second-order valence-corrected chi connectivity index (χ2v) is 8.73. The van der Waals surface area contributed by atoms with Gasteiger partial charge in [0.05, 0.1) is 17.3 Å². The fourth-order valence-electron chi connectivity index (χ4n) is 3.89. The van der Waals surface area contributed by atoms with Crippen molar-refractivity contribution in [1.29, 1.82) is 0 Å². The van der Waals surface area contributed by atoms with Gasteiger partial charge in [0, 0.05) is 10.4 Å². The third-order valence-corrected chi connectivity index (χ3v) is 6.76. The van der Waals surface area contributed by atoms with E-state index in [0.717, 1.165) is 47.0 Å². The Hall–Kier alpha value is -3.78. The highest BCUT2D eigenvalue weighted by atomic mass is 32.1. The van der Waals surface area contributed by atoms with E-state index in [1.165, 1.54) is 15.7 Å². The summed E-state index contributed by atoms with van der Waals surface area (Å²) in [4.78, 5) is 32.2. The number of phenolic OH excluding ortho intramolecular Hbond substituents is 1. The summed E-state index contributed by atoms with van der Waals surface area (Å²) in [5.74, 6) is -0.196. The predicted molar refractivity (Wildman–Crippen MR) is 125 cm³/mol. The number of hydrogen-bond donors (Lipinski definition) is 2. The summed E-state index contributed by atoms with van der Waals surface area (Å²) in [6.45, 7) is 0. The molecule has 1 aliphatic carbocycles. The van der Waals surface area contributed by atoms with E-state index in [4.69, 9.17) is 0 Å². The van der Waals surface area contributed by atoms with E-state index in [9.17, 15) is 14.7 Å². The van der Waals surface area contributed by atoms with E-state index in [2.05, 4.69) is 15.5 Å². The number of amides is 1. The lowest BCUT2D eigenvalue weighted by Gasteiger charge is -2.10. The van der Waals surface area contributed by atoms with Crippen molar-refractivity contribution in [2.45, 2.75) is 25.7 Å². The lowest BCUT2D eigenvalue weighted by Crippen LogP contribution is -2.20. The third-order valence-electron chi connectivity index (χ3n) is 5.56. The van der Waals surface area contributed by atoms with Gasteiger partial charge in [-0.25, -0.2) is 10.4 Å². The molecule has 32 heavy (non-hydrogen) atoms. The van der Waals surface area contributed by atoms with Crippen LogP contribution in [0.3, 0.4) is 0 Å². The number of fused-ring (bicyclic) bond motifs is 3. The van der Waals surface area contributed by atoms with E-state index in [0.29, 0.717) is 11.3 Å². The van der Waals surface area contributed by atoms with Crippen molar-refractivity contribution in [1.82, 2.24) is 15.0 Å². The molecule has 0 aliphatic heterocycles. The highest BCUT2D eigenvalue weighted by Gasteiger charge is 2.20. The van der Waals surface area contributed by atoms with Crippen LogP contribution in [0.15, 0.2) is 64.8 Å². The lowest BCUT2D eigenvalue weighted by atomic mass is 9.97. The standard InChI is InChI=1S/C24H20N4O3S/c29-18-11-5-15(6-12-18)13-26-27-22(30)16-7-9-17(10-8-16)28-14-25-23-21(24(28)31)19-3-1-2-4-20(19)32-23/h5-14,29H,1-4H2,(H,27,30)/b26-13-. The van der Waals surface area contributed by atoms with Gasteiger partial charge in [-0.2, -0.15) is 5.10 Å². The van der Waals surface area contributed by atoms with Crippen molar-refractivity contribution in [3.8, 4) is 11.4 Å². The summed E-state index contributed by atoms with van der Waals surface area (Å²) in [5, 5.41) is 14.0. The zero-order chi connectivity index (χ0) is 22.1. The minimum atomic E-state index is -0.362. The summed E-state index contributed by atoms with van der Waals surface area (Å²) in [6.07, 6.45) is 7.27. The molecule has 0 unspecified atom stereocenters. The van der Waals surface area contributed by atoms with Crippen molar-refractivity contribution in [3.63, 3.8) is 0 Å². The zero-order valence-electron chi connectivity index (χ0n) is 17.1. The minimum absolute atomic E-state index is 0.0647. The first-order valence-electron chi connectivity index (χ1n) is 10.3. The van der Waals surface area contributed by atoms with Crippen molar-refractivity contribution in [2.24, 2.45) is 5.10 Å². The van der Waals surface area contributed by atoms with Crippen LogP contribution in [0.4, 0.5) is 0 Å². The second kappa shape index (κ2) is 8.39. The molecule has 8 heteroatoms. The Morgan fingerprint density at radius 1 is 1.09 bits per heavy atom. The molecule has 1 amide bonds. The van der Waals surface area contributed by atoms with Gasteiger partial charge in [0.25, 0.3) is 11.5 Å². The Kier molecular flexibility index (Phi) is 5.28. The van der Waals surface area contributed by atoms with Gasteiger partial charge in [-0.1, -0.05) is 0 Å². The third kappa shape index (κ3) is 3.80. The van der Waals surface area contributed by atoms with E-state index in [1.54, 1.807) is 66.2 Å². The maximum absolute atomic E-state index is 13.2. The lowest BCUT2D eigenvalue weighted by molar-refractivity contribution is 0.0955. The summed E-state index contributed by atoms with van der Waals surface area (Å²) in [6, 6.07) is 13.2. The fraction of sp³-hybridized carbons (Fsp3) is 0.167. The number of nitrogens with one attached hydrogen (secondary N) is 1. The molecular formula is C24H20N4O3S. The molecule has 1 aliphatic rings. The number of hydrazone groups is 1. The molecular weight excluding hydrogens is 424 g/mol. The number of nitrogens with zero attached hydrogens (tertiary/aromatic N) is 3. The Balaban J connectivity index is 1.36. The van der Waals surface area contributed by atoms with E-state index >= 15 is 0 Å². The first-order valence-corrected chi connectivity index (χ1v) is 11.2. The molecule has 0 fully saturated rings. The maximum atomic E-state index is 13.2. The molecule has 4 aromatic rings. The van der Waals surface area contributed by atoms with Crippen molar-refractivity contribution < 1.29 is 9.90 Å². The molecule has 7 nitrogen and oxygen atoms in total. The van der Waals surface area contributed by atoms with Crippen LogP contribution in [0, 0.1) is 0 Å². The van der Waals surface area contributed by atoms with Crippen LogP contribution in [0.5, 0.6) is 5.75 Å². The molecule has 0 radical (unpaired) electrons. The molecule has 5 rings (SSSR count). The van der Waals surface area contributed by atoms with Crippen LogP contribution in [0.25, 0.3) is 15.9 Å². The Morgan fingerprint density at radius 3 is 2.62 bits per heavy atom. The van der Waals surface area contributed by atoms with E-state index < -0.39 is 0 Å². The number of aromatic nitrogens is 2. The topological polar surface area (TPSA) is 96.6 Å². The number of phenols is 1. The van der Waals surface area contributed by atoms with Gasteiger partial charge < -0.3 is 5.11 Å². The van der Waals surface area contributed by atoms with E-state index in [-0.39, 0.29) is 17.2 Å². The number of carbonyl (C=O) groups excluding carboxylic acids is 1. The van der Waals surface area contributed by atoms with E-state index in [1.807, 2.05) is 0 Å². The molecule has 0 saturated heterocycles. The van der Waals surface area contributed by atoms with Gasteiger partial charge in [-0.15, -0.1) is 11.3 Å². The highest BCUT2D eigenvalue weighted by Crippen LogP contribution is 2.33. The molecule has 2 aromatic carbocycles. The number of carbonyl (C=O) groups is 1. The van der Waals surface area contributed by atoms with Gasteiger partial charge in [-0.3, -0.25) is 14.2 Å². The number of aryl methyl sites for hydroxylation is 2. The second-order valence-electron chi connectivity index (χ2n) is 7.65. The summed E-state index contributed by atoms with van der Waals surface area (Å²) in [5.41, 5.74) is 5.40. The molecule has 160 valence electrons. The first kappa shape index (κ1) is 20.1. The molecule has 0 spiro atoms. The summed E-state index contributed by atoms with van der Waals surface area (Å²) in [7, 11) is 0. The van der Waals surface area contributed by atoms with Gasteiger partial charge in [0.1, 0.15) is 16.9 Å². The molecule has 2 heterocycles. The molecule has 0 bridgehead atoms. The van der Waals surface area contributed by atoms with Gasteiger partial charge in [0.15, 0.2) is 0 Å². The molecule has 2 N–H and O–H groups in total. The quantitative estimate of drug-likeness (QED) is 0.370. The summed E-state index contributed by atoms with van der Waals surface area (Å²) < 4.78 is 1.54. The molecule has 0 saturated carbocycles. The van der Waals surface area contributed by atoms with Gasteiger partial charge >= 0.3 is 0 Å². The van der Waals surface area contributed by atoms with Crippen LogP contribution >= 0.6 is 11.3 Å². The fourth-order valence-corrected chi connectivity index (χ4v) is 5.11. The monoisotopic (exact) mass is 444 g/mol. The largest absolute Gasteiger partial charge is 0.508 e. The number of thiophene rings is 1. The Morgan fingerprint density at radius 2 is 1.84 bits per heavy atom. The number of rotatable bonds is 4. The van der Waals surface area contributed by atoms with Crippen LogP contribution in [-0.4, -0.2) is 26.8 Å². The highest BCUT2D eigenvalue weighted by molar-refractivity contribution is 7.18. The Labute approximate surface area is 187 Å². The first-order chi connectivity index (χ1) is 15.6. The number of benzene rings is 2. The number of aromatic hydroxyl groups is 1. The summed E-state index contributed by atoms with van der Waals surface area (Å²) >= 11 is 1.63. The average molecular weight is 445 g/mol. The Bertz CT molecular complexity index is 1390. The van der Waals surface area contributed by atoms with Crippen molar-refractivity contribution in [3.05, 3.63) is 86.8 Å². The smallest absolute Gasteiger partial charge is 0.271 e. The SMILES string of the molecule is O=C(N/N=C\c1ccc(O)cc1)c1ccc(-n2cnc3sc4c(c3c2=O)CCCC4)cc1. The van der Waals surface area contributed by atoms with Crippen LogP contribution in [-0.2, 0) is 12.8 Å². The zero-order valence-corrected chi connectivity index (χ0v) is 17.9. The normalized spacial score (nSPS) is 13.4. The van der Waals surface area contributed by atoms with Gasteiger partial charge in [-0.05, 0) is 85.3 Å². The van der Waals surface area contributed by atoms with Crippen LogP contribution < -0.4 is 11.0 Å². The van der Waals surface area contributed by atoms with Crippen molar-refractivity contribution in [2.75, 3.05) is 0 Å². The van der Waals surface area contributed by atoms with Crippen LogP contribution in [0.2, 0.25) is 0 Å². The molecule has 2 aromatic heterocycles. The predicted octanol–water partition coefficient (Wildman–Crippen LogP) is 3.80. The van der Waals surface area contributed by atoms with Crippen molar-refractivity contribution >= 4 is 33.7 Å². The van der Waals surface area contributed by atoms with Crippen LogP contribution in [0.1, 0.15) is 39.2 Å². The van der Waals surface area contributed by atoms with Gasteiger partial charge in [0.2, 0.25) is 0 Å².